The molecule has 0 fully saturated rings. The summed E-state index contributed by atoms with van der Waals surface area (Å²) in [5, 5.41) is 0. The van der Waals surface area contributed by atoms with E-state index in [0.717, 1.165) is 0 Å². The van der Waals surface area contributed by atoms with Crippen LogP contribution in [0.1, 0.15) is 6.85 Å². The lowest BCUT2D eigenvalue weighted by Crippen LogP contribution is -1.99. The lowest BCUT2D eigenvalue weighted by molar-refractivity contribution is 0.410. The van der Waals surface area contributed by atoms with E-state index in [4.69, 9.17) is 6.85 Å². The molecule has 0 nitrogen and oxygen atoms in total. The van der Waals surface area contributed by atoms with E-state index in [-0.39, 0.29) is 0 Å². The van der Waals surface area contributed by atoms with Crippen LogP contribution in [0.5, 0.6) is 0 Å². The van der Waals surface area contributed by atoms with Crippen LogP contribution in [-0.4, -0.2) is 0 Å². The second kappa shape index (κ2) is 4.16. The molecular weight excluding hydrogens is 239 g/mol. The first-order chi connectivity index (χ1) is 10.1. The Morgan fingerprint density at radius 2 is 1.35 bits per heavy atom. The first-order valence-corrected chi connectivity index (χ1v) is 4.19. The van der Waals surface area contributed by atoms with E-state index in [9.17, 15) is 22.0 Å². The molecule has 0 aliphatic heterocycles. The van der Waals surface area contributed by atoms with Crippen LogP contribution in [0.15, 0.2) is 30.2 Å². The fraction of sp³-hybridized carbons (Fsp3) is 0. The summed E-state index contributed by atoms with van der Waals surface area (Å²) in [6.07, 6.45) is 0. The minimum Gasteiger partial charge on any atom is -0.206 e. The van der Waals surface area contributed by atoms with Gasteiger partial charge in [0.25, 0.3) is 0 Å². The molecule has 0 saturated heterocycles. The number of rotatable bonds is 1. The van der Waals surface area contributed by atoms with Crippen LogP contribution in [-0.2, 0) is 0 Å². The van der Waals surface area contributed by atoms with Gasteiger partial charge in [0.1, 0.15) is 5.82 Å². The third-order valence-electron chi connectivity index (χ3n) is 1.92. The number of halogens is 5. The zero-order chi connectivity index (χ0) is 16.9. The van der Waals surface area contributed by atoms with Crippen molar-refractivity contribution in [1.82, 2.24) is 0 Å². The summed E-state index contributed by atoms with van der Waals surface area (Å²) in [5.41, 5.74) is -2.66. The Balaban J connectivity index is 3.03. The van der Waals surface area contributed by atoms with Crippen molar-refractivity contribution < 1.29 is 28.8 Å². The molecule has 2 aromatic rings. The monoisotopic (exact) mass is 249 g/mol. The summed E-state index contributed by atoms with van der Waals surface area (Å²) in [6, 6.07) is -5.89. The second-order valence-corrected chi connectivity index (χ2v) is 2.94. The highest BCUT2D eigenvalue weighted by atomic mass is 19.2. The van der Waals surface area contributed by atoms with Gasteiger partial charge in [-0.2, -0.15) is 0 Å². The molecule has 0 unspecified atom stereocenters. The molecule has 0 heterocycles. The Kier molecular flexibility index (Phi) is 1.65. The van der Waals surface area contributed by atoms with Crippen molar-refractivity contribution in [2.75, 3.05) is 0 Å². The van der Waals surface area contributed by atoms with Crippen LogP contribution < -0.4 is 0 Å². The number of hydrogen-bond acceptors (Lipinski definition) is 0. The summed E-state index contributed by atoms with van der Waals surface area (Å²) >= 11 is 0. The van der Waals surface area contributed by atoms with Gasteiger partial charge in [-0.05, 0) is 12.1 Å². The van der Waals surface area contributed by atoms with Gasteiger partial charge in [0.2, 0.25) is 0 Å². The van der Waals surface area contributed by atoms with Crippen molar-refractivity contribution in [2.24, 2.45) is 0 Å². The Labute approximate surface area is 100 Å². The largest absolute Gasteiger partial charge is 0.206 e. The summed E-state index contributed by atoms with van der Waals surface area (Å²) in [7, 11) is 0. The average molecular weight is 249 g/mol. The van der Waals surface area contributed by atoms with Gasteiger partial charge < -0.3 is 0 Å². The van der Waals surface area contributed by atoms with Crippen molar-refractivity contribution in [1.29, 1.82) is 0 Å². The van der Waals surface area contributed by atoms with Crippen LogP contribution in [0.4, 0.5) is 22.0 Å². The van der Waals surface area contributed by atoms with Gasteiger partial charge in [0.15, 0.2) is 23.3 Å². The minimum absolute atomic E-state index is 0.985. The van der Waals surface area contributed by atoms with Gasteiger partial charge in [-0.3, -0.25) is 0 Å². The Bertz CT molecular complexity index is 680. The molecule has 0 amide bonds. The van der Waals surface area contributed by atoms with E-state index in [0.29, 0.717) is 0 Å². The first kappa shape index (κ1) is 6.74. The van der Waals surface area contributed by atoms with E-state index in [2.05, 4.69) is 0 Å². The summed E-state index contributed by atoms with van der Waals surface area (Å²) in [5.74, 6) is -10.5. The van der Waals surface area contributed by atoms with Crippen LogP contribution in [0.3, 0.4) is 0 Å². The Hall–Kier alpha value is -1.91. The van der Waals surface area contributed by atoms with E-state index in [1.54, 1.807) is 0 Å². The van der Waals surface area contributed by atoms with Gasteiger partial charge in [-0.15, -0.1) is 0 Å². The maximum absolute atomic E-state index is 14.0. The third-order valence-corrected chi connectivity index (χ3v) is 1.92. The van der Waals surface area contributed by atoms with Gasteiger partial charge in [-0.25, -0.2) is 22.0 Å². The highest BCUT2D eigenvalue weighted by Crippen LogP contribution is 2.29. The second-order valence-electron chi connectivity index (χ2n) is 2.94. The SMILES string of the molecule is [2H]c1c([2H])c([2H])c(-c2c([2H])c(F)c(F)c(F)c2F)c(F)c1[2H]. The zero-order valence-corrected chi connectivity index (χ0v) is 7.89. The average Bonchev–Trinajstić information content (AvgIpc) is 2.50. The molecule has 0 aliphatic carbocycles. The van der Waals surface area contributed by atoms with E-state index >= 15 is 0 Å². The van der Waals surface area contributed by atoms with Crippen molar-refractivity contribution >= 4 is 0 Å². The molecule has 88 valence electrons. The molecular formula is C12H5F5. The molecule has 0 spiro atoms. The smallest absolute Gasteiger partial charge is 0.198 e. The number of benzene rings is 2. The molecule has 2 aromatic carbocycles. The van der Waals surface area contributed by atoms with Crippen LogP contribution in [0.25, 0.3) is 11.1 Å². The Morgan fingerprint density at radius 3 is 2.06 bits per heavy atom. The van der Waals surface area contributed by atoms with Gasteiger partial charge >= 0.3 is 0 Å². The first-order valence-electron chi connectivity index (χ1n) is 6.69. The fourth-order valence-corrected chi connectivity index (χ4v) is 1.16. The maximum atomic E-state index is 14.0. The van der Waals surface area contributed by atoms with Crippen LogP contribution in [0, 0.1) is 29.1 Å². The highest BCUT2D eigenvalue weighted by molar-refractivity contribution is 5.65. The lowest BCUT2D eigenvalue weighted by Gasteiger charge is -2.06. The normalized spacial score (nSPS) is 14.8. The summed E-state index contributed by atoms with van der Waals surface area (Å²) < 4.78 is 104. The molecule has 5 heteroatoms. The number of hydrogen-bond donors (Lipinski definition) is 0. The molecule has 0 atom stereocenters. The van der Waals surface area contributed by atoms with Crippen molar-refractivity contribution in [2.45, 2.75) is 0 Å². The maximum Gasteiger partial charge on any atom is 0.198 e. The molecule has 17 heavy (non-hydrogen) atoms. The summed E-state index contributed by atoms with van der Waals surface area (Å²) in [4.78, 5) is 0. The fourth-order valence-electron chi connectivity index (χ4n) is 1.16. The van der Waals surface area contributed by atoms with E-state index in [1.165, 1.54) is 0 Å². The van der Waals surface area contributed by atoms with Crippen molar-refractivity contribution in [3.63, 3.8) is 0 Å². The predicted molar refractivity (Wildman–Crippen MR) is 51.7 cm³/mol. The molecule has 0 saturated carbocycles. The third kappa shape index (κ3) is 1.88. The van der Waals surface area contributed by atoms with E-state index < -0.39 is 70.4 Å². The van der Waals surface area contributed by atoms with Gasteiger partial charge in [-0.1, -0.05) is 18.1 Å². The lowest BCUT2D eigenvalue weighted by atomic mass is 10.0. The van der Waals surface area contributed by atoms with Crippen molar-refractivity contribution in [3.05, 3.63) is 59.3 Å². The molecule has 0 bridgehead atoms. The molecule has 0 N–H and O–H groups in total. The topological polar surface area (TPSA) is 0 Å². The Morgan fingerprint density at radius 1 is 0.706 bits per heavy atom. The molecule has 0 radical (unpaired) electrons. The van der Waals surface area contributed by atoms with Gasteiger partial charge in [0.05, 0.1) is 6.85 Å². The van der Waals surface area contributed by atoms with Gasteiger partial charge in [0, 0.05) is 11.1 Å². The zero-order valence-electron chi connectivity index (χ0n) is 12.9. The van der Waals surface area contributed by atoms with Crippen LogP contribution >= 0.6 is 0 Å². The standard InChI is InChI=1S/C12H5F5/c13-8-4-2-1-3-6(8)7-5-9(14)11(16)12(17)10(7)15/h1-5H/i1D,2D,3D,4D,5D. The summed E-state index contributed by atoms with van der Waals surface area (Å²) in [6.45, 7) is 0. The molecule has 0 aliphatic rings. The van der Waals surface area contributed by atoms with Crippen LogP contribution in [0.2, 0.25) is 0 Å². The molecule has 0 aromatic heterocycles. The minimum atomic E-state index is -2.31. The molecule has 2 rings (SSSR count). The quantitative estimate of drug-likeness (QED) is 0.406. The van der Waals surface area contributed by atoms with E-state index in [1.807, 2.05) is 0 Å². The highest BCUT2D eigenvalue weighted by Gasteiger charge is 2.21. The van der Waals surface area contributed by atoms with Crippen molar-refractivity contribution in [3.8, 4) is 11.1 Å². The predicted octanol–water partition coefficient (Wildman–Crippen LogP) is 4.05.